The van der Waals surface area contributed by atoms with Crippen LogP contribution in [0.5, 0.6) is 11.5 Å². The van der Waals surface area contributed by atoms with Crippen LogP contribution in [0.3, 0.4) is 0 Å². The summed E-state index contributed by atoms with van der Waals surface area (Å²) in [6.07, 6.45) is -0.620. The zero-order valence-electron chi connectivity index (χ0n) is 13.5. The molecule has 2 aromatic rings. The fourth-order valence-corrected chi connectivity index (χ4v) is 1.86. The molecule has 5 heteroatoms. The largest absolute Gasteiger partial charge is 0.506 e. The van der Waals surface area contributed by atoms with Crippen molar-refractivity contribution in [1.82, 2.24) is 0 Å². The molecule has 2 aromatic carbocycles. The van der Waals surface area contributed by atoms with Crippen molar-refractivity contribution in [1.29, 1.82) is 0 Å². The maximum Gasteiger partial charge on any atom is 0.412 e. The van der Waals surface area contributed by atoms with E-state index < -0.39 is 11.7 Å². The Labute approximate surface area is 135 Å². The smallest absolute Gasteiger partial charge is 0.412 e. The van der Waals surface area contributed by atoms with Crippen molar-refractivity contribution in [2.45, 2.75) is 33.0 Å². The quantitative estimate of drug-likeness (QED) is 0.825. The van der Waals surface area contributed by atoms with Crippen LogP contribution in [-0.4, -0.2) is 16.8 Å². The first-order chi connectivity index (χ1) is 10.8. The van der Waals surface area contributed by atoms with E-state index in [0.717, 1.165) is 5.56 Å². The second kappa shape index (κ2) is 7.05. The maximum absolute atomic E-state index is 11.7. The molecule has 0 aliphatic carbocycles. The van der Waals surface area contributed by atoms with Crippen molar-refractivity contribution >= 4 is 11.8 Å². The number of phenols is 1. The summed E-state index contributed by atoms with van der Waals surface area (Å²) in [4.78, 5) is 11.7. The second-order valence-electron chi connectivity index (χ2n) is 6.08. The van der Waals surface area contributed by atoms with Crippen molar-refractivity contribution in [2.75, 3.05) is 5.32 Å². The van der Waals surface area contributed by atoms with Gasteiger partial charge >= 0.3 is 6.09 Å². The molecule has 122 valence electrons. The third-order valence-corrected chi connectivity index (χ3v) is 2.85. The number of carbonyl (C=O) groups is 1. The molecule has 2 rings (SSSR count). The summed E-state index contributed by atoms with van der Waals surface area (Å²) in [5, 5.41) is 12.5. The van der Waals surface area contributed by atoms with Crippen LogP contribution < -0.4 is 10.1 Å². The molecule has 1 amide bonds. The number of hydrogen-bond acceptors (Lipinski definition) is 4. The van der Waals surface area contributed by atoms with Gasteiger partial charge in [-0.05, 0) is 38.5 Å². The monoisotopic (exact) mass is 315 g/mol. The minimum atomic E-state index is -0.620. The van der Waals surface area contributed by atoms with Crippen LogP contribution in [0, 0.1) is 0 Å². The van der Waals surface area contributed by atoms with E-state index in [-0.39, 0.29) is 11.4 Å². The molecule has 0 aliphatic heterocycles. The zero-order chi connectivity index (χ0) is 16.9. The molecule has 0 aromatic heterocycles. The van der Waals surface area contributed by atoms with E-state index in [9.17, 15) is 9.90 Å². The summed E-state index contributed by atoms with van der Waals surface area (Å²) < 4.78 is 10.7. The fourth-order valence-electron chi connectivity index (χ4n) is 1.86. The van der Waals surface area contributed by atoms with Gasteiger partial charge in [-0.15, -0.1) is 0 Å². The van der Waals surface area contributed by atoms with Crippen LogP contribution in [0.4, 0.5) is 10.5 Å². The Kier molecular flexibility index (Phi) is 5.11. The first-order valence-electron chi connectivity index (χ1n) is 7.33. The van der Waals surface area contributed by atoms with Gasteiger partial charge < -0.3 is 14.6 Å². The van der Waals surface area contributed by atoms with Crippen LogP contribution >= 0.6 is 0 Å². The van der Waals surface area contributed by atoms with E-state index in [2.05, 4.69) is 5.32 Å². The molecular weight excluding hydrogens is 294 g/mol. The van der Waals surface area contributed by atoms with E-state index in [1.807, 2.05) is 30.3 Å². The van der Waals surface area contributed by atoms with Gasteiger partial charge in [-0.3, -0.25) is 5.32 Å². The number of nitrogens with one attached hydrogen (secondary N) is 1. The number of anilines is 1. The Morgan fingerprint density at radius 1 is 1.13 bits per heavy atom. The number of phenolic OH excluding ortho intramolecular Hbond substituents is 1. The average Bonchev–Trinajstić information content (AvgIpc) is 2.47. The highest BCUT2D eigenvalue weighted by Gasteiger charge is 2.17. The van der Waals surface area contributed by atoms with Gasteiger partial charge in [0, 0.05) is 6.07 Å². The SMILES string of the molecule is CC(C)(C)OC(=O)Nc1ccc(OCc2ccccc2)cc1O. The number of hydrogen-bond donors (Lipinski definition) is 2. The van der Waals surface area contributed by atoms with Crippen LogP contribution in [0.15, 0.2) is 48.5 Å². The van der Waals surface area contributed by atoms with Crippen molar-refractivity contribution in [3.8, 4) is 11.5 Å². The summed E-state index contributed by atoms with van der Waals surface area (Å²) in [7, 11) is 0. The zero-order valence-corrected chi connectivity index (χ0v) is 13.5. The molecule has 23 heavy (non-hydrogen) atoms. The normalized spacial score (nSPS) is 10.9. The Balaban J connectivity index is 1.96. The van der Waals surface area contributed by atoms with E-state index in [4.69, 9.17) is 9.47 Å². The third-order valence-electron chi connectivity index (χ3n) is 2.85. The van der Waals surface area contributed by atoms with Gasteiger partial charge in [0.2, 0.25) is 0 Å². The number of benzene rings is 2. The predicted molar refractivity (Wildman–Crippen MR) is 88.7 cm³/mol. The molecule has 0 spiro atoms. The van der Waals surface area contributed by atoms with Crippen molar-refractivity contribution in [3.63, 3.8) is 0 Å². The van der Waals surface area contributed by atoms with Gasteiger partial charge in [-0.2, -0.15) is 0 Å². The minimum absolute atomic E-state index is 0.0820. The highest BCUT2D eigenvalue weighted by atomic mass is 16.6. The number of amides is 1. The summed E-state index contributed by atoms with van der Waals surface area (Å²) in [5.74, 6) is 0.433. The van der Waals surface area contributed by atoms with Crippen molar-refractivity contribution in [2.24, 2.45) is 0 Å². The fraction of sp³-hybridized carbons (Fsp3) is 0.278. The van der Waals surface area contributed by atoms with Crippen molar-refractivity contribution < 1.29 is 19.4 Å². The first kappa shape index (κ1) is 16.7. The van der Waals surface area contributed by atoms with Crippen LogP contribution in [0.2, 0.25) is 0 Å². The molecule has 0 radical (unpaired) electrons. The van der Waals surface area contributed by atoms with Gasteiger partial charge in [0.25, 0.3) is 0 Å². The lowest BCUT2D eigenvalue weighted by Crippen LogP contribution is -2.27. The lowest BCUT2D eigenvalue weighted by Gasteiger charge is -2.20. The van der Waals surface area contributed by atoms with Crippen LogP contribution in [0.1, 0.15) is 26.3 Å². The highest BCUT2D eigenvalue weighted by molar-refractivity contribution is 5.87. The van der Waals surface area contributed by atoms with Gasteiger partial charge in [-0.25, -0.2) is 4.79 Å². The standard InChI is InChI=1S/C18H21NO4/c1-18(2,3)23-17(21)19-15-10-9-14(11-16(15)20)22-12-13-7-5-4-6-8-13/h4-11,20H,12H2,1-3H3,(H,19,21). The summed E-state index contributed by atoms with van der Waals surface area (Å²) in [6.45, 7) is 5.71. The molecule has 0 bridgehead atoms. The molecule has 5 nitrogen and oxygen atoms in total. The number of aromatic hydroxyl groups is 1. The molecular formula is C18H21NO4. The minimum Gasteiger partial charge on any atom is -0.506 e. The maximum atomic E-state index is 11.7. The molecule has 0 fully saturated rings. The Bertz CT molecular complexity index is 662. The molecule has 0 atom stereocenters. The van der Waals surface area contributed by atoms with Crippen LogP contribution in [0.25, 0.3) is 0 Å². The van der Waals surface area contributed by atoms with E-state index in [0.29, 0.717) is 12.4 Å². The van der Waals surface area contributed by atoms with Gasteiger partial charge in [0.1, 0.15) is 23.7 Å². The molecule has 0 unspecified atom stereocenters. The number of rotatable bonds is 4. The third kappa shape index (κ3) is 5.54. The van der Waals surface area contributed by atoms with Gasteiger partial charge in [0.15, 0.2) is 0 Å². The second-order valence-corrected chi connectivity index (χ2v) is 6.08. The van der Waals surface area contributed by atoms with E-state index in [1.54, 1.807) is 32.9 Å². The number of carbonyl (C=O) groups excluding carboxylic acids is 1. The molecule has 0 aliphatic rings. The molecule has 0 heterocycles. The van der Waals surface area contributed by atoms with Crippen molar-refractivity contribution in [3.05, 3.63) is 54.1 Å². The van der Waals surface area contributed by atoms with E-state index in [1.165, 1.54) is 6.07 Å². The molecule has 0 saturated carbocycles. The predicted octanol–water partition coefficient (Wildman–Crippen LogP) is 4.32. The lowest BCUT2D eigenvalue weighted by atomic mass is 10.2. The van der Waals surface area contributed by atoms with E-state index >= 15 is 0 Å². The summed E-state index contributed by atoms with van der Waals surface area (Å²) in [6, 6.07) is 14.4. The lowest BCUT2D eigenvalue weighted by molar-refractivity contribution is 0.0635. The Morgan fingerprint density at radius 2 is 1.83 bits per heavy atom. The first-order valence-corrected chi connectivity index (χ1v) is 7.33. The van der Waals surface area contributed by atoms with Crippen LogP contribution in [-0.2, 0) is 11.3 Å². The number of ether oxygens (including phenoxy) is 2. The van der Waals surface area contributed by atoms with Gasteiger partial charge in [-0.1, -0.05) is 30.3 Å². The summed E-state index contributed by atoms with van der Waals surface area (Å²) in [5.41, 5.74) is 0.701. The van der Waals surface area contributed by atoms with Gasteiger partial charge in [0.05, 0.1) is 5.69 Å². The molecule has 0 saturated heterocycles. The molecule has 2 N–H and O–H groups in total. The highest BCUT2D eigenvalue weighted by Crippen LogP contribution is 2.29. The average molecular weight is 315 g/mol. The summed E-state index contributed by atoms with van der Waals surface area (Å²) >= 11 is 0. The topological polar surface area (TPSA) is 67.8 Å². The Morgan fingerprint density at radius 3 is 2.43 bits per heavy atom. The Hall–Kier alpha value is -2.69.